The van der Waals surface area contributed by atoms with E-state index in [0.717, 1.165) is 35.9 Å². The predicted octanol–water partition coefficient (Wildman–Crippen LogP) is 4.69. The van der Waals surface area contributed by atoms with E-state index in [1.807, 2.05) is 11.0 Å². The van der Waals surface area contributed by atoms with Crippen molar-refractivity contribution in [1.29, 1.82) is 0 Å². The van der Waals surface area contributed by atoms with Crippen LogP contribution < -0.4 is 4.90 Å². The zero-order chi connectivity index (χ0) is 18.1. The topological polar surface area (TPSA) is 38.1 Å². The molecule has 138 valence electrons. The molecule has 0 radical (unpaired) electrons. The summed E-state index contributed by atoms with van der Waals surface area (Å²) in [6.07, 6.45) is 7.18. The maximum absolute atomic E-state index is 12.9. The van der Waals surface area contributed by atoms with Crippen LogP contribution in [0.2, 0.25) is 0 Å². The molecule has 2 aliphatic rings. The number of thioether (sulfide) groups is 1. The molecule has 1 aromatic carbocycles. The third-order valence-corrected chi connectivity index (χ3v) is 6.72. The molecular weight excluding hydrogens is 342 g/mol. The Labute approximate surface area is 160 Å². The fraction of sp³-hybridized carbons (Fsp3) is 0.524. The number of aryl methyl sites for hydroxylation is 2. The number of aromatic nitrogens is 2. The number of carbonyl (C=O) groups excluding carboxylic acids is 1. The zero-order valence-electron chi connectivity index (χ0n) is 15.7. The highest BCUT2D eigenvalue weighted by Crippen LogP contribution is 2.35. The molecule has 1 saturated carbocycles. The van der Waals surface area contributed by atoms with Gasteiger partial charge in [0.2, 0.25) is 5.91 Å². The monoisotopic (exact) mass is 369 g/mol. The van der Waals surface area contributed by atoms with Crippen molar-refractivity contribution in [2.24, 2.45) is 0 Å². The van der Waals surface area contributed by atoms with Crippen molar-refractivity contribution in [2.75, 3.05) is 17.2 Å². The van der Waals surface area contributed by atoms with Crippen LogP contribution in [0.15, 0.2) is 29.4 Å². The maximum atomic E-state index is 12.9. The first-order valence-electron chi connectivity index (χ1n) is 9.71. The van der Waals surface area contributed by atoms with Gasteiger partial charge in [-0.15, -0.1) is 0 Å². The summed E-state index contributed by atoms with van der Waals surface area (Å²) in [6.45, 7) is 5.06. The van der Waals surface area contributed by atoms with Gasteiger partial charge in [0.05, 0.1) is 11.4 Å². The molecule has 1 aliphatic carbocycles. The molecule has 1 aromatic heterocycles. The van der Waals surface area contributed by atoms with Crippen LogP contribution in [0.1, 0.15) is 55.1 Å². The number of hydrogen-bond donors (Lipinski definition) is 0. The first-order chi connectivity index (χ1) is 12.6. The molecule has 4 rings (SSSR count). The molecule has 0 bridgehead atoms. The lowest BCUT2D eigenvalue weighted by atomic mass is 10.0. The van der Waals surface area contributed by atoms with Gasteiger partial charge < -0.3 is 9.47 Å². The van der Waals surface area contributed by atoms with Gasteiger partial charge in [-0.25, -0.2) is 4.98 Å². The molecule has 2 aromatic rings. The second-order valence-electron chi connectivity index (χ2n) is 7.44. The lowest BCUT2D eigenvalue weighted by molar-refractivity contribution is -0.116. The number of carbonyl (C=O) groups is 1. The van der Waals surface area contributed by atoms with E-state index in [4.69, 9.17) is 4.98 Å². The molecule has 0 spiro atoms. The Kier molecular flexibility index (Phi) is 5.07. The van der Waals surface area contributed by atoms with Gasteiger partial charge >= 0.3 is 0 Å². The SMILES string of the molecule is Cc1nc(SCC(=O)N2CCCc3ccccc32)n(C2CCCC2)c1C. The zero-order valence-corrected chi connectivity index (χ0v) is 16.5. The Hall–Kier alpha value is -1.75. The normalized spacial score (nSPS) is 17.5. The summed E-state index contributed by atoms with van der Waals surface area (Å²) in [7, 11) is 0. The van der Waals surface area contributed by atoms with Crippen LogP contribution in [0.25, 0.3) is 0 Å². The molecule has 0 unspecified atom stereocenters. The third kappa shape index (κ3) is 3.29. The van der Waals surface area contributed by atoms with E-state index in [0.29, 0.717) is 11.8 Å². The Morgan fingerprint density at radius 1 is 1.19 bits per heavy atom. The molecule has 1 amide bonds. The minimum atomic E-state index is 0.193. The highest BCUT2D eigenvalue weighted by Gasteiger charge is 2.26. The summed E-state index contributed by atoms with van der Waals surface area (Å²) in [5.74, 6) is 0.648. The number of fused-ring (bicyclic) bond motifs is 1. The number of para-hydroxylation sites is 1. The van der Waals surface area contributed by atoms with Crippen LogP contribution in [0.5, 0.6) is 0 Å². The lowest BCUT2D eigenvalue weighted by Gasteiger charge is -2.29. The Morgan fingerprint density at radius 2 is 1.96 bits per heavy atom. The minimum absolute atomic E-state index is 0.193. The quantitative estimate of drug-likeness (QED) is 0.734. The molecule has 1 fully saturated rings. The summed E-state index contributed by atoms with van der Waals surface area (Å²) >= 11 is 1.61. The van der Waals surface area contributed by atoms with Crippen LogP contribution in [0, 0.1) is 13.8 Å². The molecule has 2 heterocycles. The number of imidazole rings is 1. The van der Waals surface area contributed by atoms with Crippen molar-refractivity contribution < 1.29 is 4.79 Å². The van der Waals surface area contributed by atoms with Gasteiger partial charge in [-0.05, 0) is 51.2 Å². The highest BCUT2D eigenvalue weighted by molar-refractivity contribution is 7.99. The fourth-order valence-corrected chi connectivity index (χ4v) is 5.32. The van der Waals surface area contributed by atoms with Crippen LogP contribution in [0.4, 0.5) is 5.69 Å². The summed E-state index contributed by atoms with van der Waals surface area (Å²) < 4.78 is 2.39. The number of benzene rings is 1. The summed E-state index contributed by atoms with van der Waals surface area (Å²) in [5.41, 5.74) is 4.73. The van der Waals surface area contributed by atoms with Crippen molar-refractivity contribution in [1.82, 2.24) is 9.55 Å². The molecular formula is C21H27N3OS. The molecule has 5 heteroatoms. The van der Waals surface area contributed by atoms with E-state index < -0.39 is 0 Å². The number of amides is 1. The van der Waals surface area contributed by atoms with E-state index in [2.05, 4.69) is 36.6 Å². The standard InChI is InChI=1S/C21H27N3OS/c1-15-16(2)24(18-10-4-5-11-18)21(22-15)26-14-20(25)23-13-7-9-17-8-3-6-12-19(17)23/h3,6,8,12,18H,4-5,7,9-11,13-14H2,1-2H3. The first-order valence-corrected chi connectivity index (χ1v) is 10.7. The van der Waals surface area contributed by atoms with Crippen LogP contribution in [-0.2, 0) is 11.2 Å². The van der Waals surface area contributed by atoms with Crippen molar-refractivity contribution in [3.05, 3.63) is 41.2 Å². The number of anilines is 1. The van der Waals surface area contributed by atoms with Crippen LogP contribution in [-0.4, -0.2) is 27.8 Å². The maximum Gasteiger partial charge on any atom is 0.237 e. The molecule has 0 saturated heterocycles. The summed E-state index contributed by atoms with van der Waals surface area (Å²) in [4.78, 5) is 19.7. The summed E-state index contributed by atoms with van der Waals surface area (Å²) in [6, 6.07) is 8.86. The minimum Gasteiger partial charge on any atom is -0.320 e. The van der Waals surface area contributed by atoms with Crippen molar-refractivity contribution in [3.63, 3.8) is 0 Å². The first kappa shape index (κ1) is 17.7. The van der Waals surface area contributed by atoms with Gasteiger partial charge in [0.15, 0.2) is 5.16 Å². The van der Waals surface area contributed by atoms with Crippen molar-refractivity contribution in [3.8, 4) is 0 Å². The second kappa shape index (κ2) is 7.47. The number of rotatable bonds is 4. The van der Waals surface area contributed by atoms with Gasteiger partial charge in [0, 0.05) is 24.0 Å². The van der Waals surface area contributed by atoms with Gasteiger partial charge in [0.1, 0.15) is 0 Å². The van der Waals surface area contributed by atoms with Crippen molar-refractivity contribution >= 4 is 23.4 Å². The molecule has 4 nitrogen and oxygen atoms in total. The number of nitrogens with zero attached hydrogens (tertiary/aromatic N) is 3. The second-order valence-corrected chi connectivity index (χ2v) is 8.38. The smallest absolute Gasteiger partial charge is 0.237 e. The summed E-state index contributed by atoms with van der Waals surface area (Å²) in [5, 5.41) is 1.02. The fourth-order valence-electron chi connectivity index (χ4n) is 4.29. The van der Waals surface area contributed by atoms with Crippen LogP contribution >= 0.6 is 11.8 Å². The number of hydrogen-bond acceptors (Lipinski definition) is 3. The molecule has 0 atom stereocenters. The van der Waals surface area contributed by atoms with Crippen molar-refractivity contribution in [2.45, 2.75) is 63.6 Å². The van der Waals surface area contributed by atoms with E-state index in [9.17, 15) is 4.79 Å². The molecule has 0 N–H and O–H groups in total. The largest absolute Gasteiger partial charge is 0.320 e. The average Bonchev–Trinajstić information content (AvgIpc) is 3.28. The van der Waals surface area contributed by atoms with Gasteiger partial charge in [-0.1, -0.05) is 42.8 Å². The van der Waals surface area contributed by atoms with Gasteiger partial charge in [-0.3, -0.25) is 4.79 Å². The van der Waals surface area contributed by atoms with Crippen LogP contribution in [0.3, 0.4) is 0 Å². The predicted molar refractivity (Wildman–Crippen MR) is 107 cm³/mol. The van der Waals surface area contributed by atoms with Gasteiger partial charge in [0.25, 0.3) is 0 Å². The molecule has 1 aliphatic heterocycles. The third-order valence-electron chi connectivity index (χ3n) is 5.78. The lowest BCUT2D eigenvalue weighted by Crippen LogP contribution is -2.36. The molecule has 26 heavy (non-hydrogen) atoms. The van der Waals surface area contributed by atoms with E-state index in [-0.39, 0.29) is 5.91 Å². The van der Waals surface area contributed by atoms with Gasteiger partial charge in [-0.2, -0.15) is 0 Å². The Balaban J connectivity index is 1.50. The van der Waals surface area contributed by atoms with E-state index >= 15 is 0 Å². The highest BCUT2D eigenvalue weighted by atomic mass is 32.2. The Morgan fingerprint density at radius 3 is 2.77 bits per heavy atom. The van der Waals surface area contributed by atoms with E-state index in [1.54, 1.807) is 11.8 Å². The van der Waals surface area contributed by atoms with E-state index in [1.165, 1.54) is 36.9 Å². The Bertz CT molecular complexity index is 808. The average molecular weight is 370 g/mol.